The third-order valence-electron chi connectivity index (χ3n) is 4.23. The van der Waals surface area contributed by atoms with Gasteiger partial charge in [-0.3, -0.25) is 15.0 Å². The van der Waals surface area contributed by atoms with Gasteiger partial charge in [-0.05, 0) is 17.9 Å². The molecule has 116 valence electrons. The first-order valence-corrected chi connectivity index (χ1v) is 8.57. The lowest BCUT2D eigenvalue weighted by molar-refractivity contribution is -0.130. The fourth-order valence-electron chi connectivity index (χ4n) is 2.97. The van der Waals surface area contributed by atoms with E-state index in [0.717, 1.165) is 45.8 Å². The molecule has 1 amide bonds. The van der Waals surface area contributed by atoms with Crippen LogP contribution in [0.3, 0.4) is 0 Å². The van der Waals surface area contributed by atoms with Gasteiger partial charge < -0.3 is 9.64 Å². The first-order chi connectivity index (χ1) is 10.3. The zero-order chi connectivity index (χ0) is 14.7. The highest BCUT2D eigenvalue weighted by atomic mass is 32.1. The van der Waals surface area contributed by atoms with Crippen LogP contribution in [0.1, 0.15) is 24.4 Å². The van der Waals surface area contributed by atoms with E-state index in [-0.39, 0.29) is 18.1 Å². The van der Waals surface area contributed by atoms with Gasteiger partial charge in [0.15, 0.2) is 0 Å². The van der Waals surface area contributed by atoms with E-state index in [0.29, 0.717) is 0 Å². The van der Waals surface area contributed by atoms with Crippen molar-refractivity contribution in [3.8, 4) is 0 Å². The molecular formula is C15H23N3O2S. The number of morpholine rings is 1. The lowest BCUT2D eigenvalue weighted by Gasteiger charge is -2.30. The molecule has 2 unspecified atom stereocenters. The van der Waals surface area contributed by atoms with Gasteiger partial charge in [-0.15, -0.1) is 11.3 Å². The van der Waals surface area contributed by atoms with E-state index < -0.39 is 0 Å². The molecular weight excluding hydrogens is 286 g/mol. The number of carbonyl (C=O) groups is 1. The van der Waals surface area contributed by atoms with E-state index in [1.165, 1.54) is 4.88 Å². The third kappa shape index (κ3) is 3.29. The van der Waals surface area contributed by atoms with Crippen molar-refractivity contribution in [2.24, 2.45) is 0 Å². The number of nitrogens with one attached hydrogen (secondary N) is 1. The van der Waals surface area contributed by atoms with Crippen LogP contribution in [0.5, 0.6) is 0 Å². The van der Waals surface area contributed by atoms with Crippen molar-refractivity contribution in [2.45, 2.75) is 25.6 Å². The van der Waals surface area contributed by atoms with E-state index in [2.05, 4.69) is 28.6 Å². The predicted molar refractivity (Wildman–Crippen MR) is 83.2 cm³/mol. The van der Waals surface area contributed by atoms with Crippen molar-refractivity contribution in [2.75, 3.05) is 39.4 Å². The second kappa shape index (κ2) is 6.87. The summed E-state index contributed by atoms with van der Waals surface area (Å²) in [6.45, 7) is 7.31. The Bertz CT molecular complexity index is 459. The molecule has 3 rings (SSSR count). The zero-order valence-corrected chi connectivity index (χ0v) is 13.3. The molecule has 2 saturated heterocycles. The van der Waals surface area contributed by atoms with Gasteiger partial charge in [-0.2, -0.15) is 0 Å². The van der Waals surface area contributed by atoms with Gasteiger partial charge in [-0.1, -0.05) is 13.0 Å². The molecule has 2 aliphatic heterocycles. The summed E-state index contributed by atoms with van der Waals surface area (Å²) in [5, 5.41) is 5.54. The Kier molecular flexibility index (Phi) is 4.90. The summed E-state index contributed by atoms with van der Waals surface area (Å²) in [4.78, 5) is 18.1. The topological polar surface area (TPSA) is 44.8 Å². The van der Waals surface area contributed by atoms with Crippen molar-refractivity contribution in [1.29, 1.82) is 0 Å². The molecule has 21 heavy (non-hydrogen) atoms. The highest BCUT2D eigenvalue weighted by molar-refractivity contribution is 7.10. The Hall–Kier alpha value is -0.950. The van der Waals surface area contributed by atoms with Crippen molar-refractivity contribution in [3.05, 3.63) is 22.4 Å². The van der Waals surface area contributed by atoms with Gasteiger partial charge in [-0.25, -0.2) is 0 Å². The highest BCUT2D eigenvalue weighted by Crippen LogP contribution is 2.29. The Morgan fingerprint density at radius 2 is 2.19 bits per heavy atom. The fourth-order valence-corrected chi connectivity index (χ4v) is 3.76. The average molecular weight is 309 g/mol. The number of thiophene rings is 1. The van der Waals surface area contributed by atoms with Gasteiger partial charge in [0.2, 0.25) is 5.91 Å². The second-order valence-corrected chi connectivity index (χ2v) is 6.51. The summed E-state index contributed by atoms with van der Waals surface area (Å²) in [6.07, 6.45) is 0.887. The molecule has 0 radical (unpaired) electrons. The Balaban J connectivity index is 1.65. The molecule has 6 heteroatoms. The smallest absolute Gasteiger partial charge is 0.241 e. The van der Waals surface area contributed by atoms with Gasteiger partial charge in [0.1, 0.15) is 6.17 Å². The van der Waals surface area contributed by atoms with E-state index >= 15 is 0 Å². The summed E-state index contributed by atoms with van der Waals surface area (Å²) in [6, 6.07) is 4.11. The zero-order valence-electron chi connectivity index (χ0n) is 12.5. The van der Waals surface area contributed by atoms with Crippen molar-refractivity contribution in [3.63, 3.8) is 0 Å². The lowest BCUT2D eigenvalue weighted by atomic mass is 10.2. The lowest BCUT2D eigenvalue weighted by Crippen LogP contribution is -2.43. The van der Waals surface area contributed by atoms with Crippen LogP contribution in [0.2, 0.25) is 0 Å². The molecule has 1 N–H and O–H groups in total. The maximum Gasteiger partial charge on any atom is 0.241 e. The van der Waals surface area contributed by atoms with Crippen LogP contribution < -0.4 is 5.32 Å². The van der Waals surface area contributed by atoms with Gasteiger partial charge in [0.05, 0.1) is 19.3 Å². The van der Waals surface area contributed by atoms with Crippen LogP contribution in [0.4, 0.5) is 0 Å². The van der Waals surface area contributed by atoms with Crippen LogP contribution in [0.15, 0.2) is 17.5 Å². The molecule has 3 heterocycles. The summed E-state index contributed by atoms with van der Waals surface area (Å²) in [5.74, 6) is 0.240. The van der Waals surface area contributed by atoms with Crippen molar-refractivity contribution < 1.29 is 9.53 Å². The second-order valence-electron chi connectivity index (χ2n) is 5.53. The maximum atomic E-state index is 12.5. The van der Waals surface area contributed by atoms with E-state index in [4.69, 9.17) is 4.74 Å². The molecule has 0 saturated carbocycles. The third-order valence-corrected chi connectivity index (χ3v) is 5.16. The number of carbonyl (C=O) groups excluding carboxylic acids is 1. The standard InChI is InChI=1S/C15H23N3O2S/c1-2-12-15(19)18(6-5-17-7-9-20-10-8-17)14(16-12)13-4-3-11-21-13/h3-4,11-12,14,16H,2,5-10H2,1H3. The Morgan fingerprint density at radius 3 is 2.86 bits per heavy atom. The largest absolute Gasteiger partial charge is 0.379 e. The van der Waals surface area contributed by atoms with Crippen LogP contribution in [0.25, 0.3) is 0 Å². The SMILES string of the molecule is CCC1NC(c2cccs2)N(CCN2CCOCC2)C1=O. The normalized spacial score (nSPS) is 27.5. The molecule has 2 fully saturated rings. The summed E-state index contributed by atoms with van der Waals surface area (Å²) < 4.78 is 5.37. The van der Waals surface area contributed by atoms with Crippen LogP contribution >= 0.6 is 11.3 Å². The summed E-state index contributed by atoms with van der Waals surface area (Å²) in [5.41, 5.74) is 0. The number of hydrogen-bond acceptors (Lipinski definition) is 5. The first kappa shape index (κ1) is 15.0. The molecule has 1 aromatic heterocycles. The molecule has 1 aromatic rings. The Labute approximate surface area is 129 Å². The summed E-state index contributed by atoms with van der Waals surface area (Å²) >= 11 is 1.71. The van der Waals surface area contributed by atoms with E-state index in [9.17, 15) is 4.79 Å². The van der Waals surface area contributed by atoms with Crippen molar-refractivity contribution in [1.82, 2.24) is 15.1 Å². The number of ether oxygens (including phenoxy) is 1. The molecule has 0 aromatic carbocycles. The van der Waals surface area contributed by atoms with E-state index in [1.807, 2.05) is 11.0 Å². The molecule has 0 aliphatic carbocycles. The highest BCUT2D eigenvalue weighted by Gasteiger charge is 2.38. The van der Waals surface area contributed by atoms with Crippen molar-refractivity contribution >= 4 is 17.2 Å². The van der Waals surface area contributed by atoms with Crippen LogP contribution in [-0.4, -0.2) is 61.1 Å². The average Bonchev–Trinajstić information content (AvgIpc) is 3.14. The quantitative estimate of drug-likeness (QED) is 0.890. The number of amides is 1. The van der Waals surface area contributed by atoms with Crippen LogP contribution in [0, 0.1) is 0 Å². The van der Waals surface area contributed by atoms with Gasteiger partial charge in [0.25, 0.3) is 0 Å². The van der Waals surface area contributed by atoms with Gasteiger partial charge >= 0.3 is 0 Å². The van der Waals surface area contributed by atoms with Gasteiger partial charge in [0, 0.05) is 31.1 Å². The van der Waals surface area contributed by atoms with Crippen LogP contribution in [-0.2, 0) is 9.53 Å². The molecule has 0 spiro atoms. The molecule has 2 atom stereocenters. The minimum Gasteiger partial charge on any atom is -0.379 e. The fraction of sp³-hybridized carbons (Fsp3) is 0.667. The maximum absolute atomic E-state index is 12.5. The first-order valence-electron chi connectivity index (χ1n) is 7.69. The molecule has 0 bridgehead atoms. The monoisotopic (exact) mass is 309 g/mol. The predicted octanol–water partition coefficient (Wildman–Crippen LogP) is 1.29. The molecule has 2 aliphatic rings. The van der Waals surface area contributed by atoms with E-state index in [1.54, 1.807) is 11.3 Å². The Morgan fingerprint density at radius 1 is 1.38 bits per heavy atom. The minimum atomic E-state index is -0.0400. The molecule has 5 nitrogen and oxygen atoms in total. The summed E-state index contributed by atoms with van der Waals surface area (Å²) in [7, 11) is 0. The number of rotatable bonds is 5. The number of nitrogens with zero attached hydrogens (tertiary/aromatic N) is 2. The number of hydrogen-bond donors (Lipinski definition) is 1. The minimum absolute atomic E-state index is 0.0400.